The lowest BCUT2D eigenvalue weighted by molar-refractivity contribution is -0.384. The second kappa shape index (κ2) is 6.63. The summed E-state index contributed by atoms with van der Waals surface area (Å²) in [4.78, 5) is 10.3. The molecule has 0 fully saturated rings. The van der Waals surface area contributed by atoms with Crippen molar-refractivity contribution in [3.8, 4) is 0 Å². The van der Waals surface area contributed by atoms with Crippen LogP contribution in [0, 0.1) is 10.1 Å². The molecule has 20 heavy (non-hydrogen) atoms. The summed E-state index contributed by atoms with van der Waals surface area (Å²) in [5.41, 5.74) is 8.28. The summed E-state index contributed by atoms with van der Waals surface area (Å²) in [6.45, 7) is 0. The predicted molar refractivity (Wildman–Crippen MR) is 82.6 cm³/mol. The van der Waals surface area contributed by atoms with Gasteiger partial charge in [0.1, 0.15) is 0 Å². The van der Waals surface area contributed by atoms with Crippen LogP contribution in [0.15, 0.2) is 53.0 Å². The number of hydrogen-bond donors (Lipinski definition) is 1. The third-order valence-corrected chi connectivity index (χ3v) is 3.56. The Labute approximate surface area is 125 Å². The Morgan fingerprint density at radius 2 is 1.75 bits per heavy atom. The summed E-state index contributed by atoms with van der Waals surface area (Å²) >= 11 is 3.39. The third-order valence-electron chi connectivity index (χ3n) is 3.03. The van der Waals surface area contributed by atoms with Crippen molar-refractivity contribution in [2.75, 3.05) is 0 Å². The maximum Gasteiger partial charge on any atom is 0.269 e. The highest BCUT2D eigenvalue weighted by Gasteiger charge is 2.09. The van der Waals surface area contributed by atoms with E-state index in [9.17, 15) is 10.1 Å². The molecule has 2 aromatic rings. The quantitative estimate of drug-likeness (QED) is 0.672. The van der Waals surface area contributed by atoms with Crippen molar-refractivity contribution in [2.45, 2.75) is 18.9 Å². The maximum atomic E-state index is 10.7. The van der Waals surface area contributed by atoms with Gasteiger partial charge in [0.15, 0.2) is 0 Å². The molecule has 0 radical (unpaired) electrons. The predicted octanol–water partition coefficient (Wildman–Crippen LogP) is 3.47. The molecule has 0 heterocycles. The Kier molecular flexibility index (Phi) is 4.87. The van der Waals surface area contributed by atoms with E-state index in [1.54, 1.807) is 12.1 Å². The molecule has 0 saturated heterocycles. The van der Waals surface area contributed by atoms with Crippen LogP contribution >= 0.6 is 15.9 Å². The first-order chi connectivity index (χ1) is 9.54. The van der Waals surface area contributed by atoms with Gasteiger partial charge in [0.25, 0.3) is 5.69 Å². The van der Waals surface area contributed by atoms with Gasteiger partial charge in [0.05, 0.1) is 4.92 Å². The second-order valence-electron chi connectivity index (χ2n) is 4.72. The van der Waals surface area contributed by atoms with Gasteiger partial charge in [-0.25, -0.2) is 0 Å². The molecule has 104 valence electrons. The van der Waals surface area contributed by atoms with E-state index in [4.69, 9.17) is 5.73 Å². The first-order valence-electron chi connectivity index (χ1n) is 6.28. The molecule has 0 amide bonds. The van der Waals surface area contributed by atoms with Crippen LogP contribution in [0.4, 0.5) is 5.69 Å². The van der Waals surface area contributed by atoms with E-state index >= 15 is 0 Å². The van der Waals surface area contributed by atoms with Gasteiger partial charge >= 0.3 is 0 Å². The molecule has 0 aliphatic rings. The fourth-order valence-electron chi connectivity index (χ4n) is 2.10. The number of non-ortho nitro benzene ring substituents is 1. The topological polar surface area (TPSA) is 69.2 Å². The van der Waals surface area contributed by atoms with Gasteiger partial charge in [-0.3, -0.25) is 10.1 Å². The van der Waals surface area contributed by atoms with Gasteiger partial charge in [0, 0.05) is 22.6 Å². The molecule has 0 bridgehead atoms. The lowest BCUT2D eigenvalue weighted by Crippen LogP contribution is -2.25. The molecule has 0 aromatic heterocycles. The molecule has 2 aromatic carbocycles. The van der Waals surface area contributed by atoms with Crippen molar-refractivity contribution in [3.05, 3.63) is 74.2 Å². The summed E-state index contributed by atoms with van der Waals surface area (Å²) in [6, 6.07) is 14.6. The molecule has 0 spiro atoms. The molecule has 1 atom stereocenters. The molecule has 1 unspecified atom stereocenters. The molecular formula is C15H15BrN2O2. The summed E-state index contributed by atoms with van der Waals surface area (Å²) in [6.07, 6.45) is 1.37. The highest BCUT2D eigenvalue weighted by molar-refractivity contribution is 9.10. The fourth-order valence-corrected chi connectivity index (χ4v) is 2.36. The van der Waals surface area contributed by atoms with Crippen LogP contribution in [-0.4, -0.2) is 11.0 Å². The first-order valence-corrected chi connectivity index (χ1v) is 7.07. The molecule has 2 rings (SSSR count). The number of halogens is 1. The fraction of sp³-hybridized carbons (Fsp3) is 0.200. The maximum absolute atomic E-state index is 10.7. The normalized spacial score (nSPS) is 12.1. The number of rotatable bonds is 5. The number of nitrogens with zero attached hydrogens (tertiary/aromatic N) is 1. The van der Waals surface area contributed by atoms with Gasteiger partial charge in [-0.2, -0.15) is 0 Å². The van der Waals surface area contributed by atoms with Crippen LogP contribution in [0.2, 0.25) is 0 Å². The Hall–Kier alpha value is -1.72. The average molecular weight is 335 g/mol. The van der Waals surface area contributed by atoms with Crippen molar-refractivity contribution in [1.82, 2.24) is 0 Å². The number of hydrogen-bond acceptors (Lipinski definition) is 3. The zero-order valence-corrected chi connectivity index (χ0v) is 12.4. The Bertz CT molecular complexity index is 599. The highest BCUT2D eigenvalue weighted by atomic mass is 79.9. The molecule has 5 heteroatoms. The zero-order valence-electron chi connectivity index (χ0n) is 10.8. The molecule has 2 N–H and O–H groups in total. The van der Waals surface area contributed by atoms with Crippen molar-refractivity contribution < 1.29 is 4.92 Å². The Morgan fingerprint density at radius 1 is 1.10 bits per heavy atom. The summed E-state index contributed by atoms with van der Waals surface area (Å²) in [7, 11) is 0. The van der Waals surface area contributed by atoms with Crippen molar-refractivity contribution in [2.24, 2.45) is 5.73 Å². The summed E-state index contributed by atoms with van der Waals surface area (Å²) in [5, 5.41) is 10.7. The summed E-state index contributed by atoms with van der Waals surface area (Å²) in [5.74, 6) is 0. The summed E-state index contributed by atoms with van der Waals surface area (Å²) < 4.78 is 1.04. The minimum atomic E-state index is -0.385. The first kappa shape index (κ1) is 14.7. The molecule has 0 aliphatic carbocycles. The van der Waals surface area contributed by atoms with Crippen LogP contribution < -0.4 is 5.73 Å². The van der Waals surface area contributed by atoms with Crippen LogP contribution in [0.1, 0.15) is 11.1 Å². The van der Waals surface area contributed by atoms with E-state index in [1.165, 1.54) is 6.07 Å². The van der Waals surface area contributed by atoms with Crippen molar-refractivity contribution in [3.63, 3.8) is 0 Å². The van der Waals surface area contributed by atoms with Crippen molar-refractivity contribution >= 4 is 21.6 Å². The minimum absolute atomic E-state index is 0.0572. The molecule has 0 aliphatic heterocycles. The van der Waals surface area contributed by atoms with E-state index in [0.29, 0.717) is 6.42 Å². The minimum Gasteiger partial charge on any atom is -0.327 e. The van der Waals surface area contributed by atoms with Gasteiger partial charge in [0.2, 0.25) is 0 Å². The van der Waals surface area contributed by atoms with E-state index in [0.717, 1.165) is 22.0 Å². The SMILES string of the molecule is NC(Cc1ccc(Br)cc1)Cc1cccc([N+](=O)[O-])c1. The van der Waals surface area contributed by atoms with Gasteiger partial charge in [-0.05, 0) is 36.1 Å². The number of benzene rings is 2. The highest BCUT2D eigenvalue weighted by Crippen LogP contribution is 2.16. The van der Waals surface area contributed by atoms with Gasteiger partial charge in [-0.1, -0.05) is 40.2 Å². The van der Waals surface area contributed by atoms with Gasteiger partial charge in [-0.15, -0.1) is 0 Å². The van der Waals surface area contributed by atoms with Crippen LogP contribution in [-0.2, 0) is 12.8 Å². The van der Waals surface area contributed by atoms with Crippen molar-refractivity contribution in [1.29, 1.82) is 0 Å². The zero-order chi connectivity index (χ0) is 14.5. The Balaban J connectivity index is 2.00. The third kappa shape index (κ3) is 4.15. The number of nitro groups is 1. The number of nitrogens with two attached hydrogens (primary N) is 1. The van der Waals surface area contributed by atoms with E-state index in [1.807, 2.05) is 30.3 Å². The lowest BCUT2D eigenvalue weighted by Gasteiger charge is -2.11. The van der Waals surface area contributed by atoms with E-state index in [2.05, 4.69) is 15.9 Å². The monoisotopic (exact) mass is 334 g/mol. The number of nitro benzene ring substituents is 1. The van der Waals surface area contributed by atoms with E-state index in [-0.39, 0.29) is 16.7 Å². The average Bonchev–Trinajstić information content (AvgIpc) is 2.41. The molecule has 0 saturated carbocycles. The lowest BCUT2D eigenvalue weighted by atomic mass is 9.99. The standard InChI is InChI=1S/C15H15BrN2O2/c16-13-6-4-11(5-7-13)8-14(17)9-12-2-1-3-15(10-12)18(19)20/h1-7,10,14H,8-9,17H2. The molecular weight excluding hydrogens is 320 g/mol. The van der Waals surface area contributed by atoms with Crippen LogP contribution in [0.25, 0.3) is 0 Å². The van der Waals surface area contributed by atoms with E-state index < -0.39 is 0 Å². The smallest absolute Gasteiger partial charge is 0.269 e. The second-order valence-corrected chi connectivity index (χ2v) is 5.64. The van der Waals surface area contributed by atoms with Crippen LogP contribution in [0.5, 0.6) is 0 Å². The van der Waals surface area contributed by atoms with Crippen LogP contribution in [0.3, 0.4) is 0 Å². The Morgan fingerprint density at radius 3 is 2.40 bits per heavy atom. The molecule has 4 nitrogen and oxygen atoms in total. The van der Waals surface area contributed by atoms with Gasteiger partial charge < -0.3 is 5.73 Å². The largest absolute Gasteiger partial charge is 0.327 e.